The molecule has 0 aliphatic heterocycles. The van der Waals surface area contributed by atoms with Gasteiger partial charge >= 0.3 is 0 Å². The van der Waals surface area contributed by atoms with Crippen molar-refractivity contribution in [2.75, 3.05) is 5.73 Å². The van der Waals surface area contributed by atoms with E-state index in [1.807, 2.05) is 6.07 Å². The maximum Gasteiger partial charge on any atom is 0.252 e. The van der Waals surface area contributed by atoms with Crippen LogP contribution >= 0.6 is 0 Å². The van der Waals surface area contributed by atoms with Gasteiger partial charge in [0.15, 0.2) is 5.82 Å². The van der Waals surface area contributed by atoms with Gasteiger partial charge in [0, 0.05) is 0 Å². The molecule has 68 valence electrons. The molecule has 2 N–H and O–H groups in total. The number of anilines is 1. The molecular formula is C7H5N7. The van der Waals surface area contributed by atoms with Crippen molar-refractivity contribution in [2.45, 2.75) is 0 Å². The fourth-order valence-electron chi connectivity index (χ4n) is 0.874. The van der Waals surface area contributed by atoms with Crippen LogP contribution in [0.2, 0.25) is 0 Å². The van der Waals surface area contributed by atoms with Crippen molar-refractivity contribution < 1.29 is 0 Å². The Morgan fingerprint density at radius 3 is 2.71 bits per heavy atom. The van der Waals surface area contributed by atoms with Crippen LogP contribution in [-0.4, -0.2) is 24.7 Å². The summed E-state index contributed by atoms with van der Waals surface area (Å²) in [7, 11) is 0. The van der Waals surface area contributed by atoms with Crippen molar-refractivity contribution in [2.24, 2.45) is 0 Å². The Labute approximate surface area is 78.9 Å². The van der Waals surface area contributed by atoms with E-state index in [9.17, 15) is 0 Å². The second-order valence-electron chi connectivity index (χ2n) is 2.42. The first-order valence-electron chi connectivity index (χ1n) is 3.69. The quantitative estimate of drug-likeness (QED) is 0.645. The zero-order chi connectivity index (χ0) is 9.97. The summed E-state index contributed by atoms with van der Waals surface area (Å²) >= 11 is 0. The van der Waals surface area contributed by atoms with Crippen molar-refractivity contribution in [1.29, 1.82) is 5.26 Å². The van der Waals surface area contributed by atoms with E-state index in [4.69, 9.17) is 11.0 Å². The zero-order valence-electron chi connectivity index (χ0n) is 6.99. The van der Waals surface area contributed by atoms with Crippen LogP contribution in [0.25, 0.3) is 5.82 Å². The molecule has 0 bridgehead atoms. The van der Waals surface area contributed by atoms with Crippen LogP contribution in [0.3, 0.4) is 0 Å². The van der Waals surface area contributed by atoms with Crippen LogP contribution in [0, 0.1) is 11.3 Å². The Balaban J connectivity index is 2.40. The van der Waals surface area contributed by atoms with Gasteiger partial charge in [-0.25, -0.2) is 15.0 Å². The predicted octanol–water partition coefficient (Wildman–Crippen LogP) is -0.489. The average Bonchev–Trinajstić information content (AvgIpc) is 2.67. The minimum absolute atomic E-state index is 0.0867. The first-order chi connectivity index (χ1) is 6.79. The molecule has 2 aromatic rings. The van der Waals surface area contributed by atoms with Crippen LogP contribution in [0.5, 0.6) is 0 Å². The Bertz CT molecular complexity index is 477. The molecule has 2 aromatic heterocycles. The lowest BCUT2D eigenvalue weighted by Gasteiger charge is -1.97. The van der Waals surface area contributed by atoms with E-state index in [1.54, 1.807) is 0 Å². The number of nitrogens with zero attached hydrogens (tertiary/aromatic N) is 6. The van der Waals surface area contributed by atoms with Gasteiger partial charge in [-0.3, -0.25) is 0 Å². The minimum atomic E-state index is 0.0867. The average molecular weight is 187 g/mol. The van der Waals surface area contributed by atoms with Gasteiger partial charge in [-0.15, -0.1) is 5.10 Å². The molecule has 0 spiro atoms. The fourth-order valence-corrected chi connectivity index (χ4v) is 0.874. The van der Waals surface area contributed by atoms with Gasteiger partial charge in [-0.05, 0) is 0 Å². The first-order valence-corrected chi connectivity index (χ1v) is 3.69. The molecule has 2 rings (SSSR count). The van der Waals surface area contributed by atoms with Gasteiger partial charge in [0.25, 0.3) is 5.82 Å². The lowest BCUT2D eigenvalue weighted by atomic mass is 10.6. The SMILES string of the molecule is N#Cc1ncn(-c2cnc(N)cn2)n1. The highest BCUT2D eigenvalue weighted by atomic mass is 15.4. The summed E-state index contributed by atoms with van der Waals surface area (Å²) in [5.74, 6) is 0.881. The fraction of sp³-hybridized carbons (Fsp3) is 0. The largest absolute Gasteiger partial charge is 0.382 e. The molecule has 0 saturated heterocycles. The molecule has 7 nitrogen and oxygen atoms in total. The molecule has 0 atom stereocenters. The molecule has 0 saturated carbocycles. The number of rotatable bonds is 1. The number of nitrogen functional groups attached to an aromatic ring is 1. The van der Waals surface area contributed by atoms with Crippen molar-refractivity contribution in [3.05, 3.63) is 24.5 Å². The summed E-state index contributed by atoms with van der Waals surface area (Å²) in [4.78, 5) is 11.5. The van der Waals surface area contributed by atoms with E-state index in [2.05, 4.69) is 20.1 Å². The second-order valence-corrected chi connectivity index (χ2v) is 2.42. The molecular weight excluding hydrogens is 182 g/mol. The van der Waals surface area contributed by atoms with Crippen LogP contribution < -0.4 is 5.73 Å². The molecule has 0 aromatic carbocycles. The molecule has 7 heteroatoms. The van der Waals surface area contributed by atoms with Crippen molar-refractivity contribution >= 4 is 5.82 Å². The monoisotopic (exact) mass is 187 g/mol. The Hall–Kier alpha value is -2.49. The van der Waals surface area contributed by atoms with Gasteiger partial charge in [-0.1, -0.05) is 0 Å². The van der Waals surface area contributed by atoms with E-state index >= 15 is 0 Å². The number of hydrogen-bond donors (Lipinski definition) is 1. The van der Waals surface area contributed by atoms with Gasteiger partial charge in [-0.2, -0.15) is 9.94 Å². The number of nitriles is 1. The van der Waals surface area contributed by atoms with E-state index < -0.39 is 0 Å². The highest BCUT2D eigenvalue weighted by molar-refractivity contribution is 5.27. The van der Waals surface area contributed by atoms with Gasteiger partial charge in [0.1, 0.15) is 18.2 Å². The molecule has 14 heavy (non-hydrogen) atoms. The van der Waals surface area contributed by atoms with Gasteiger partial charge in [0.05, 0.1) is 12.4 Å². The third kappa shape index (κ3) is 1.36. The predicted molar refractivity (Wildman–Crippen MR) is 46.1 cm³/mol. The third-order valence-corrected chi connectivity index (χ3v) is 1.48. The van der Waals surface area contributed by atoms with E-state index in [1.165, 1.54) is 23.4 Å². The highest BCUT2D eigenvalue weighted by Crippen LogP contribution is 2.01. The van der Waals surface area contributed by atoms with Crippen molar-refractivity contribution in [3.8, 4) is 11.9 Å². The van der Waals surface area contributed by atoms with Crippen LogP contribution in [-0.2, 0) is 0 Å². The van der Waals surface area contributed by atoms with E-state index in [0.29, 0.717) is 11.6 Å². The summed E-state index contributed by atoms with van der Waals surface area (Å²) in [5, 5.41) is 12.3. The van der Waals surface area contributed by atoms with Crippen molar-refractivity contribution in [1.82, 2.24) is 24.7 Å². The third-order valence-electron chi connectivity index (χ3n) is 1.48. The smallest absolute Gasteiger partial charge is 0.252 e. The van der Waals surface area contributed by atoms with E-state index in [0.717, 1.165) is 0 Å². The van der Waals surface area contributed by atoms with Crippen LogP contribution in [0.1, 0.15) is 5.82 Å². The summed E-state index contributed by atoms with van der Waals surface area (Å²) < 4.78 is 1.35. The summed E-state index contributed by atoms with van der Waals surface area (Å²) in [6.45, 7) is 0. The van der Waals surface area contributed by atoms with Gasteiger partial charge < -0.3 is 5.73 Å². The Morgan fingerprint density at radius 1 is 1.29 bits per heavy atom. The lowest BCUT2D eigenvalue weighted by Crippen LogP contribution is -2.00. The number of aromatic nitrogens is 5. The molecule has 2 heterocycles. The number of nitrogens with two attached hydrogens (primary N) is 1. The summed E-state index contributed by atoms with van der Waals surface area (Å²) in [5.41, 5.74) is 5.36. The summed E-state index contributed by atoms with van der Waals surface area (Å²) in [6, 6.07) is 1.81. The molecule has 0 radical (unpaired) electrons. The molecule has 0 fully saturated rings. The molecule has 0 aliphatic rings. The first kappa shape index (κ1) is 8.12. The topological polar surface area (TPSA) is 106 Å². The minimum Gasteiger partial charge on any atom is -0.382 e. The van der Waals surface area contributed by atoms with Gasteiger partial charge in [0.2, 0.25) is 0 Å². The molecule has 0 aliphatic carbocycles. The number of hydrogen-bond acceptors (Lipinski definition) is 6. The maximum absolute atomic E-state index is 8.50. The van der Waals surface area contributed by atoms with Crippen LogP contribution in [0.4, 0.5) is 5.82 Å². The normalized spacial score (nSPS) is 9.64. The maximum atomic E-state index is 8.50. The molecule has 0 unspecified atom stereocenters. The standard InChI is InChI=1S/C7H5N7/c8-1-6-12-4-14(13-6)7-3-10-5(9)2-11-7/h2-4H,(H2,9,10). The van der Waals surface area contributed by atoms with Crippen molar-refractivity contribution in [3.63, 3.8) is 0 Å². The Morgan fingerprint density at radius 2 is 2.14 bits per heavy atom. The zero-order valence-corrected chi connectivity index (χ0v) is 6.99. The molecule has 0 amide bonds. The van der Waals surface area contributed by atoms with Crippen LogP contribution in [0.15, 0.2) is 18.7 Å². The lowest BCUT2D eigenvalue weighted by molar-refractivity contribution is 0.833. The Kier molecular flexibility index (Phi) is 1.80. The van der Waals surface area contributed by atoms with E-state index in [-0.39, 0.29) is 5.82 Å². The second kappa shape index (κ2) is 3.10. The highest BCUT2D eigenvalue weighted by Gasteiger charge is 2.02. The summed E-state index contributed by atoms with van der Waals surface area (Å²) in [6.07, 6.45) is 4.24.